The summed E-state index contributed by atoms with van der Waals surface area (Å²) in [5.41, 5.74) is 3.85. The number of H-pyrrole nitrogens is 1. The first-order valence-corrected chi connectivity index (χ1v) is 14.9. The molecular formula is C31H23FN2O3S2. The van der Waals surface area contributed by atoms with Gasteiger partial charge in [0, 0.05) is 16.0 Å². The van der Waals surface area contributed by atoms with Crippen molar-refractivity contribution in [2.24, 2.45) is 29.6 Å². The number of nitrogens with one attached hydrogen (secondary N) is 1. The second-order valence-corrected chi connectivity index (χ2v) is 13.1. The lowest BCUT2D eigenvalue weighted by Crippen LogP contribution is -2.42. The third-order valence-corrected chi connectivity index (χ3v) is 11.8. The molecule has 0 radical (unpaired) electrons. The number of thiazole rings is 1. The number of benzene rings is 3. The van der Waals surface area contributed by atoms with Crippen LogP contribution in [0, 0.1) is 35.4 Å². The summed E-state index contributed by atoms with van der Waals surface area (Å²) in [6.07, 6.45) is 0.837. The Morgan fingerprint density at radius 2 is 1.46 bits per heavy atom. The van der Waals surface area contributed by atoms with E-state index in [1.165, 1.54) is 40.5 Å². The fourth-order valence-corrected chi connectivity index (χ4v) is 10.6. The van der Waals surface area contributed by atoms with Crippen LogP contribution in [0.3, 0.4) is 0 Å². The molecule has 2 aliphatic heterocycles. The van der Waals surface area contributed by atoms with E-state index in [0.29, 0.717) is 5.69 Å². The third-order valence-electron chi connectivity index (χ3n) is 9.19. The Balaban J connectivity index is 1.19. The minimum Gasteiger partial charge on any atom is -0.307 e. The standard InChI is InChI=1S/C31H23FN2O3S2/c32-18-10-12-19(13-11-18)34-29(35)24-20-14-21(25(24)30(34)36)26-23(20)22(27-28(38-26)33-31(37)39-27)17-8-6-16(7-9-17)15-4-2-1-3-5-15/h1-13,20-26H,14H2,(H,33,37)/t20-,21-,22+,23+,24+,25+,26-/m1/s1. The van der Waals surface area contributed by atoms with E-state index < -0.39 is 5.82 Å². The summed E-state index contributed by atoms with van der Waals surface area (Å²) in [5, 5.41) is 1.04. The molecule has 2 bridgehead atoms. The minimum atomic E-state index is -0.401. The number of rotatable bonds is 3. The van der Waals surface area contributed by atoms with E-state index in [1.54, 1.807) is 11.8 Å². The molecule has 2 amide bonds. The van der Waals surface area contributed by atoms with Gasteiger partial charge in [0.25, 0.3) is 0 Å². The van der Waals surface area contributed by atoms with Crippen LogP contribution < -0.4 is 9.77 Å². The van der Waals surface area contributed by atoms with E-state index in [0.717, 1.165) is 33.0 Å². The molecule has 1 saturated heterocycles. The highest BCUT2D eigenvalue weighted by Crippen LogP contribution is 2.68. The Hall–Kier alpha value is -3.49. The molecule has 8 rings (SSSR count). The lowest BCUT2D eigenvalue weighted by Gasteiger charge is -2.43. The maximum Gasteiger partial charge on any atom is 0.305 e. The van der Waals surface area contributed by atoms with Crippen LogP contribution in [0.2, 0.25) is 0 Å². The number of fused-ring (bicyclic) bond motifs is 9. The van der Waals surface area contributed by atoms with Gasteiger partial charge in [-0.15, -0.1) is 11.8 Å². The number of imide groups is 1. The monoisotopic (exact) mass is 554 g/mol. The van der Waals surface area contributed by atoms with Gasteiger partial charge in [0.2, 0.25) is 11.8 Å². The number of aromatic amines is 1. The number of hydrogen-bond donors (Lipinski definition) is 1. The first-order chi connectivity index (χ1) is 19.0. The van der Waals surface area contributed by atoms with Crippen molar-refractivity contribution in [2.75, 3.05) is 4.90 Å². The summed E-state index contributed by atoms with van der Waals surface area (Å²) in [5.74, 6) is -1.25. The molecule has 5 nitrogen and oxygen atoms in total. The van der Waals surface area contributed by atoms with Crippen molar-refractivity contribution in [3.8, 4) is 11.1 Å². The van der Waals surface area contributed by atoms with Gasteiger partial charge in [-0.3, -0.25) is 19.3 Å². The van der Waals surface area contributed by atoms with Gasteiger partial charge in [-0.1, -0.05) is 65.9 Å². The van der Waals surface area contributed by atoms with Crippen molar-refractivity contribution in [3.05, 3.63) is 105 Å². The normalized spacial score (nSPS) is 30.4. The maximum absolute atomic E-state index is 13.8. The summed E-state index contributed by atoms with van der Waals surface area (Å²) >= 11 is 2.95. The Bertz CT molecular complexity index is 1680. The number of nitrogens with zero attached hydrogens (tertiary/aromatic N) is 1. The van der Waals surface area contributed by atoms with Crippen molar-refractivity contribution in [1.82, 2.24) is 4.98 Å². The van der Waals surface area contributed by atoms with Crippen LogP contribution in [0.25, 0.3) is 11.1 Å². The van der Waals surface area contributed by atoms with Gasteiger partial charge in [-0.2, -0.15) is 0 Å². The molecule has 0 spiro atoms. The zero-order chi connectivity index (χ0) is 26.4. The van der Waals surface area contributed by atoms with Crippen LogP contribution in [-0.4, -0.2) is 22.0 Å². The number of hydrogen-bond acceptors (Lipinski definition) is 5. The molecule has 1 aromatic heterocycles. The summed E-state index contributed by atoms with van der Waals surface area (Å²) < 4.78 is 13.6. The summed E-state index contributed by atoms with van der Waals surface area (Å²) in [6.45, 7) is 0. The van der Waals surface area contributed by atoms with Crippen LogP contribution >= 0.6 is 23.1 Å². The van der Waals surface area contributed by atoms with Crippen LogP contribution in [0.5, 0.6) is 0 Å². The highest BCUT2D eigenvalue weighted by Gasteiger charge is 2.69. The van der Waals surface area contributed by atoms with Crippen molar-refractivity contribution < 1.29 is 14.0 Å². The quantitative estimate of drug-likeness (QED) is 0.319. The van der Waals surface area contributed by atoms with E-state index in [1.807, 2.05) is 18.2 Å². The topological polar surface area (TPSA) is 70.2 Å². The number of carbonyl (C=O) groups excluding carboxylic acids is 2. The second kappa shape index (κ2) is 8.50. The average Bonchev–Trinajstić information content (AvgIpc) is 3.69. The summed E-state index contributed by atoms with van der Waals surface area (Å²) in [6, 6.07) is 24.4. The number of thioether (sulfide) groups is 1. The number of carbonyl (C=O) groups is 2. The molecule has 39 heavy (non-hydrogen) atoms. The molecule has 3 aromatic carbocycles. The lowest BCUT2D eigenvalue weighted by molar-refractivity contribution is -0.123. The van der Waals surface area contributed by atoms with Gasteiger partial charge in [-0.05, 0) is 65.1 Å². The van der Waals surface area contributed by atoms with Crippen molar-refractivity contribution in [3.63, 3.8) is 0 Å². The van der Waals surface area contributed by atoms with Crippen LogP contribution in [0.15, 0.2) is 88.7 Å². The third kappa shape index (κ3) is 3.34. The van der Waals surface area contributed by atoms with Crippen LogP contribution in [0.4, 0.5) is 10.1 Å². The van der Waals surface area contributed by atoms with Gasteiger partial charge in [-0.25, -0.2) is 4.39 Å². The highest BCUT2D eigenvalue weighted by molar-refractivity contribution is 8.00. The molecule has 194 valence electrons. The van der Waals surface area contributed by atoms with Crippen LogP contribution in [0.1, 0.15) is 22.8 Å². The molecule has 1 N–H and O–H groups in total. The largest absolute Gasteiger partial charge is 0.307 e. The van der Waals surface area contributed by atoms with Gasteiger partial charge in [0.1, 0.15) is 5.82 Å². The average molecular weight is 555 g/mol. The van der Waals surface area contributed by atoms with E-state index >= 15 is 0 Å². The zero-order valence-corrected chi connectivity index (χ0v) is 22.3. The van der Waals surface area contributed by atoms with E-state index in [-0.39, 0.29) is 57.4 Å². The highest BCUT2D eigenvalue weighted by atomic mass is 32.2. The van der Waals surface area contributed by atoms with Crippen molar-refractivity contribution in [2.45, 2.75) is 22.6 Å². The predicted molar refractivity (Wildman–Crippen MR) is 149 cm³/mol. The zero-order valence-electron chi connectivity index (χ0n) is 20.6. The fraction of sp³-hybridized carbons (Fsp3) is 0.258. The molecular weight excluding hydrogens is 531 g/mol. The van der Waals surface area contributed by atoms with E-state index in [2.05, 4.69) is 41.4 Å². The van der Waals surface area contributed by atoms with E-state index in [4.69, 9.17) is 0 Å². The maximum atomic E-state index is 13.8. The van der Waals surface area contributed by atoms with Gasteiger partial charge >= 0.3 is 4.87 Å². The van der Waals surface area contributed by atoms with Crippen molar-refractivity contribution in [1.29, 1.82) is 0 Å². The summed E-state index contributed by atoms with van der Waals surface area (Å²) in [4.78, 5) is 45.3. The second-order valence-electron chi connectivity index (χ2n) is 10.9. The molecule has 2 aliphatic carbocycles. The molecule has 4 aromatic rings. The molecule has 3 heterocycles. The number of amides is 2. The Kier molecular flexibility index (Phi) is 5.10. The number of halogens is 1. The van der Waals surface area contributed by atoms with Crippen molar-refractivity contribution >= 4 is 40.6 Å². The SMILES string of the molecule is O=C1[C@H]2[C@H]3C[C@@H]([C@@H]2C(=O)N1c1ccc(F)cc1)[C@H]1[C@H](c2ccc(-c4ccccc4)cc2)c2sc(=O)[nH]c2S[C@H]31. The number of aromatic nitrogens is 1. The molecule has 8 heteroatoms. The van der Waals surface area contributed by atoms with Gasteiger partial charge in [0.05, 0.1) is 22.5 Å². The Morgan fingerprint density at radius 1 is 0.795 bits per heavy atom. The Morgan fingerprint density at radius 3 is 2.18 bits per heavy atom. The fourth-order valence-electron chi connectivity index (χ4n) is 7.75. The number of anilines is 1. The van der Waals surface area contributed by atoms with Gasteiger partial charge < -0.3 is 4.98 Å². The lowest BCUT2D eigenvalue weighted by atomic mass is 9.68. The van der Waals surface area contributed by atoms with Crippen LogP contribution in [-0.2, 0) is 9.59 Å². The molecule has 3 fully saturated rings. The summed E-state index contributed by atoms with van der Waals surface area (Å²) in [7, 11) is 0. The smallest absolute Gasteiger partial charge is 0.305 e. The molecule has 4 aliphatic rings. The Labute approximate surface area is 232 Å². The minimum absolute atomic E-state index is 0.0150. The van der Waals surface area contributed by atoms with Gasteiger partial charge in [0.15, 0.2) is 0 Å². The van der Waals surface area contributed by atoms with E-state index in [9.17, 15) is 18.8 Å². The first kappa shape index (κ1) is 23.4. The molecule has 7 atom stereocenters. The predicted octanol–water partition coefficient (Wildman–Crippen LogP) is 5.92. The molecule has 0 unspecified atom stereocenters. The molecule has 2 saturated carbocycles. The first-order valence-electron chi connectivity index (χ1n) is 13.2.